The lowest BCUT2D eigenvalue weighted by Gasteiger charge is -2.14. The predicted octanol–water partition coefficient (Wildman–Crippen LogP) is 6.47. The van der Waals surface area contributed by atoms with E-state index in [4.69, 9.17) is 11.6 Å². The predicted molar refractivity (Wildman–Crippen MR) is 110 cm³/mol. The van der Waals surface area contributed by atoms with E-state index in [-0.39, 0.29) is 5.69 Å². The summed E-state index contributed by atoms with van der Waals surface area (Å²) >= 11 is 9.04. The summed E-state index contributed by atoms with van der Waals surface area (Å²) in [4.78, 5) is 12.3. The molecule has 0 saturated heterocycles. The molecule has 0 bridgehead atoms. The largest absolute Gasteiger partial charge is 0.417 e. The van der Waals surface area contributed by atoms with Crippen LogP contribution in [0, 0.1) is 6.92 Å². The summed E-state index contributed by atoms with van der Waals surface area (Å²) in [6.45, 7) is 1.92. The van der Waals surface area contributed by atoms with Crippen LogP contribution in [0.3, 0.4) is 0 Å². The molecule has 0 unspecified atom stereocenters. The van der Waals surface area contributed by atoms with Crippen LogP contribution in [0.15, 0.2) is 47.1 Å². The van der Waals surface area contributed by atoms with Gasteiger partial charge in [0.15, 0.2) is 0 Å². The third kappa shape index (κ3) is 4.73. The minimum absolute atomic E-state index is 0.0269. The first kappa shape index (κ1) is 21.2. The number of carbonyl (C=O) groups excluding carboxylic acids is 1. The molecule has 0 aliphatic rings. The second-order valence-corrected chi connectivity index (χ2v) is 7.53. The molecule has 3 rings (SSSR count). The lowest BCUT2D eigenvalue weighted by molar-refractivity contribution is -0.137. The number of alkyl halides is 3. The number of halogens is 5. The van der Waals surface area contributed by atoms with Gasteiger partial charge in [-0.25, -0.2) is 4.79 Å². The minimum Gasteiger partial charge on any atom is -0.308 e. The lowest BCUT2D eigenvalue weighted by atomic mass is 10.0. The van der Waals surface area contributed by atoms with Crippen molar-refractivity contribution in [2.75, 3.05) is 10.6 Å². The van der Waals surface area contributed by atoms with Crippen LogP contribution in [-0.2, 0) is 13.2 Å². The van der Waals surface area contributed by atoms with Gasteiger partial charge < -0.3 is 10.6 Å². The molecule has 10 heteroatoms. The number of carbonyl (C=O) groups is 1. The molecule has 0 saturated carbocycles. The Morgan fingerprint density at radius 1 is 1.14 bits per heavy atom. The summed E-state index contributed by atoms with van der Waals surface area (Å²) in [5.74, 6) is 0. The number of nitrogens with zero attached hydrogens (tertiary/aromatic N) is 2. The van der Waals surface area contributed by atoms with Gasteiger partial charge in [0.1, 0.15) is 0 Å². The first-order valence-corrected chi connectivity index (χ1v) is 9.46. The molecular formula is C19H15BrClF3N4O. The smallest absolute Gasteiger partial charge is 0.308 e. The maximum absolute atomic E-state index is 13.0. The maximum atomic E-state index is 13.0. The highest BCUT2D eigenvalue weighted by atomic mass is 79.9. The first-order valence-electron chi connectivity index (χ1n) is 8.29. The summed E-state index contributed by atoms with van der Waals surface area (Å²) < 4.78 is 41.4. The molecule has 1 aromatic heterocycles. The van der Waals surface area contributed by atoms with E-state index < -0.39 is 22.8 Å². The molecule has 152 valence electrons. The monoisotopic (exact) mass is 486 g/mol. The number of hydrogen-bond donors (Lipinski definition) is 2. The second kappa shape index (κ2) is 8.08. The van der Waals surface area contributed by atoms with E-state index in [0.717, 1.165) is 33.4 Å². The molecule has 0 aliphatic heterocycles. The molecule has 2 amide bonds. The van der Waals surface area contributed by atoms with Crippen molar-refractivity contribution in [2.24, 2.45) is 7.05 Å². The summed E-state index contributed by atoms with van der Waals surface area (Å²) in [6, 6.07) is 7.78. The van der Waals surface area contributed by atoms with Crippen LogP contribution in [0.25, 0.3) is 11.3 Å². The zero-order chi connectivity index (χ0) is 21.3. The van der Waals surface area contributed by atoms with Gasteiger partial charge in [0.05, 0.1) is 26.9 Å². The minimum atomic E-state index is -4.62. The van der Waals surface area contributed by atoms with E-state index in [1.165, 1.54) is 6.07 Å². The van der Waals surface area contributed by atoms with Gasteiger partial charge in [-0.05, 0) is 58.7 Å². The third-order valence-corrected chi connectivity index (χ3v) is 5.08. The van der Waals surface area contributed by atoms with Crippen LogP contribution in [0.4, 0.5) is 29.3 Å². The molecule has 29 heavy (non-hydrogen) atoms. The number of rotatable bonds is 3. The standard InChI is InChI=1S/C19H15BrClF3N4O/c1-10-3-4-11(7-13(10)17-15(20)9-25-28(17)2)26-18(29)27-12-5-6-16(21)14(8-12)19(22,23)24/h3-9H,1-2H3,(H2,26,27,29). The Bertz CT molecular complexity index is 1060. The summed E-state index contributed by atoms with van der Waals surface area (Å²) in [7, 11) is 1.80. The molecule has 2 N–H and O–H groups in total. The van der Waals surface area contributed by atoms with Crippen LogP contribution in [0.1, 0.15) is 11.1 Å². The number of anilines is 2. The highest BCUT2D eigenvalue weighted by molar-refractivity contribution is 9.10. The van der Waals surface area contributed by atoms with Gasteiger partial charge in [-0.15, -0.1) is 0 Å². The van der Waals surface area contributed by atoms with Gasteiger partial charge in [0.25, 0.3) is 0 Å². The molecule has 0 fully saturated rings. The van der Waals surface area contributed by atoms with E-state index >= 15 is 0 Å². The van der Waals surface area contributed by atoms with Gasteiger partial charge in [-0.2, -0.15) is 18.3 Å². The van der Waals surface area contributed by atoms with E-state index in [1.54, 1.807) is 30.1 Å². The Balaban J connectivity index is 1.81. The lowest BCUT2D eigenvalue weighted by Crippen LogP contribution is -2.20. The van der Waals surface area contributed by atoms with Crippen molar-refractivity contribution in [1.29, 1.82) is 0 Å². The number of aryl methyl sites for hydroxylation is 2. The fraction of sp³-hybridized carbons (Fsp3) is 0.158. The van der Waals surface area contributed by atoms with Crippen molar-refractivity contribution < 1.29 is 18.0 Å². The Morgan fingerprint density at radius 2 is 1.76 bits per heavy atom. The third-order valence-electron chi connectivity index (χ3n) is 4.17. The SMILES string of the molecule is Cc1ccc(NC(=O)Nc2ccc(Cl)c(C(F)(F)F)c2)cc1-c1c(Br)cnn1C. The topological polar surface area (TPSA) is 59.0 Å². The molecule has 5 nitrogen and oxygen atoms in total. The number of nitrogens with one attached hydrogen (secondary N) is 2. The number of urea groups is 1. The highest BCUT2D eigenvalue weighted by Crippen LogP contribution is 2.36. The van der Waals surface area contributed by atoms with E-state index in [1.807, 2.05) is 13.0 Å². The second-order valence-electron chi connectivity index (χ2n) is 6.27. The Morgan fingerprint density at radius 3 is 2.34 bits per heavy atom. The summed E-state index contributed by atoms with van der Waals surface area (Å²) in [5, 5.41) is 8.75. The summed E-state index contributed by atoms with van der Waals surface area (Å²) in [6.07, 6.45) is -2.95. The van der Waals surface area contributed by atoms with E-state index in [2.05, 4.69) is 31.7 Å². The molecule has 0 atom stereocenters. The van der Waals surface area contributed by atoms with Gasteiger partial charge in [-0.1, -0.05) is 17.7 Å². The fourth-order valence-corrected chi connectivity index (χ4v) is 3.57. The van der Waals surface area contributed by atoms with Gasteiger partial charge >= 0.3 is 12.2 Å². The summed E-state index contributed by atoms with van der Waals surface area (Å²) in [5.41, 5.74) is 2.07. The van der Waals surface area contributed by atoms with Gasteiger partial charge in [0, 0.05) is 24.0 Å². The molecule has 3 aromatic rings. The van der Waals surface area contributed by atoms with Crippen molar-refractivity contribution in [3.05, 3.63) is 63.2 Å². The normalized spacial score (nSPS) is 11.4. The molecule has 0 aliphatic carbocycles. The van der Waals surface area contributed by atoms with Crippen molar-refractivity contribution in [3.8, 4) is 11.3 Å². The molecule has 0 spiro atoms. The Labute approximate surface area is 178 Å². The van der Waals surface area contributed by atoms with Crippen LogP contribution in [-0.4, -0.2) is 15.8 Å². The first-order chi connectivity index (χ1) is 13.6. The molecule has 1 heterocycles. The van der Waals surface area contributed by atoms with E-state index in [0.29, 0.717) is 5.69 Å². The Hall–Kier alpha value is -2.52. The average Bonchev–Trinajstić information content (AvgIpc) is 2.96. The molecule has 2 aromatic carbocycles. The van der Waals surface area contributed by atoms with Crippen molar-refractivity contribution >= 4 is 44.9 Å². The Kier molecular flexibility index (Phi) is 5.90. The number of aromatic nitrogens is 2. The number of hydrogen-bond acceptors (Lipinski definition) is 2. The van der Waals surface area contributed by atoms with Crippen LogP contribution >= 0.6 is 27.5 Å². The zero-order valence-corrected chi connectivity index (χ0v) is 17.6. The quantitative estimate of drug-likeness (QED) is 0.444. The number of benzene rings is 2. The molecule has 0 radical (unpaired) electrons. The van der Waals surface area contributed by atoms with Crippen LogP contribution in [0.5, 0.6) is 0 Å². The average molecular weight is 488 g/mol. The van der Waals surface area contributed by atoms with Crippen LogP contribution < -0.4 is 10.6 Å². The van der Waals surface area contributed by atoms with Gasteiger partial charge in [-0.3, -0.25) is 4.68 Å². The van der Waals surface area contributed by atoms with Crippen molar-refractivity contribution in [3.63, 3.8) is 0 Å². The van der Waals surface area contributed by atoms with Crippen LogP contribution in [0.2, 0.25) is 5.02 Å². The maximum Gasteiger partial charge on any atom is 0.417 e. The van der Waals surface area contributed by atoms with Crippen molar-refractivity contribution in [1.82, 2.24) is 9.78 Å². The van der Waals surface area contributed by atoms with Crippen molar-refractivity contribution in [2.45, 2.75) is 13.1 Å². The zero-order valence-electron chi connectivity index (χ0n) is 15.2. The fourth-order valence-electron chi connectivity index (χ4n) is 2.78. The van der Waals surface area contributed by atoms with Gasteiger partial charge in [0.2, 0.25) is 0 Å². The highest BCUT2D eigenvalue weighted by Gasteiger charge is 2.33. The molecular weight excluding hydrogens is 473 g/mol. The number of amides is 2. The van der Waals surface area contributed by atoms with E-state index in [9.17, 15) is 18.0 Å².